The molecule has 0 fully saturated rings. The Morgan fingerprint density at radius 3 is 2.38 bits per heavy atom. The first-order chi connectivity index (χ1) is 15.4. The van der Waals surface area contributed by atoms with E-state index in [1.807, 2.05) is 24.3 Å². The van der Waals surface area contributed by atoms with Gasteiger partial charge in [-0.2, -0.15) is 0 Å². The van der Waals surface area contributed by atoms with Gasteiger partial charge in [-0.05, 0) is 60.9 Å². The van der Waals surface area contributed by atoms with Crippen LogP contribution in [0.4, 0.5) is 5.69 Å². The van der Waals surface area contributed by atoms with Gasteiger partial charge in [-0.25, -0.2) is 8.42 Å². The number of carbonyl (C=O) groups excluding carboxylic acids is 1. The highest BCUT2D eigenvalue weighted by atomic mass is 35.5. The van der Waals surface area contributed by atoms with Crippen LogP contribution in [0.25, 0.3) is 0 Å². The Hall–Kier alpha value is -3.03. The zero-order valence-corrected chi connectivity index (χ0v) is 19.3. The molecule has 3 aromatic rings. The first-order valence-corrected chi connectivity index (χ1v) is 11.9. The van der Waals surface area contributed by atoms with Crippen LogP contribution in [0.2, 0.25) is 5.02 Å². The second-order valence-corrected chi connectivity index (χ2v) is 9.40. The lowest BCUT2D eigenvalue weighted by Gasteiger charge is -2.24. The molecule has 0 spiro atoms. The van der Waals surface area contributed by atoms with Gasteiger partial charge in [0.15, 0.2) is 0 Å². The van der Waals surface area contributed by atoms with Crippen LogP contribution in [0.15, 0.2) is 83.8 Å². The molecule has 0 aliphatic rings. The smallest absolute Gasteiger partial charge is 0.264 e. The van der Waals surface area contributed by atoms with Crippen LogP contribution in [0, 0.1) is 0 Å². The molecule has 0 aliphatic heterocycles. The Bertz CT molecular complexity index is 1140. The highest BCUT2D eigenvalue weighted by Crippen LogP contribution is 2.25. The van der Waals surface area contributed by atoms with Crippen molar-refractivity contribution >= 4 is 33.2 Å². The monoisotopic (exact) mass is 472 g/mol. The first-order valence-electron chi connectivity index (χ1n) is 10.1. The Balaban J connectivity index is 1.66. The maximum Gasteiger partial charge on any atom is 0.264 e. The molecule has 0 saturated carbocycles. The summed E-state index contributed by atoms with van der Waals surface area (Å²) in [5, 5.41) is 3.20. The number of anilines is 1. The Kier molecular flexibility index (Phi) is 8.14. The molecule has 1 N–H and O–H groups in total. The molecule has 0 atom stereocenters. The number of sulfonamides is 1. The number of hydrogen-bond donors (Lipinski definition) is 1. The molecule has 0 aliphatic carbocycles. The largest absolute Gasteiger partial charge is 0.497 e. The van der Waals surface area contributed by atoms with Crippen LogP contribution in [0.3, 0.4) is 0 Å². The molecular formula is C24H25ClN2O4S. The number of ether oxygens (including phenoxy) is 1. The molecule has 3 rings (SSSR count). The highest BCUT2D eigenvalue weighted by Gasteiger charge is 2.27. The third-order valence-corrected chi connectivity index (χ3v) is 6.86. The molecule has 8 heteroatoms. The van der Waals surface area contributed by atoms with Crippen molar-refractivity contribution in [3.63, 3.8) is 0 Å². The third kappa shape index (κ3) is 6.24. The van der Waals surface area contributed by atoms with Crippen molar-refractivity contribution in [1.29, 1.82) is 0 Å². The fourth-order valence-corrected chi connectivity index (χ4v) is 4.78. The van der Waals surface area contributed by atoms with Gasteiger partial charge >= 0.3 is 0 Å². The number of halogens is 1. The maximum absolute atomic E-state index is 13.2. The minimum absolute atomic E-state index is 0.104. The van der Waals surface area contributed by atoms with Crippen LogP contribution in [-0.2, 0) is 21.2 Å². The van der Waals surface area contributed by atoms with E-state index in [4.69, 9.17) is 16.3 Å². The zero-order chi connectivity index (χ0) is 23.0. The Labute approximate surface area is 193 Å². The number of carbonyl (C=O) groups is 1. The van der Waals surface area contributed by atoms with Crippen molar-refractivity contribution in [3.05, 3.63) is 89.4 Å². The molecule has 0 heterocycles. The summed E-state index contributed by atoms with van der Waals surface area (Å²) in [6.07, 6.45) is 1.51. The van der Waals surface area contributed by atoms with E-state index in [0.29, 0.717) is 17.3 Å². The zero-order valence-electron chi connectivity index (χ0n) is 17.7. The molecule has 0 bridgehead atoms. The summed E-state index contributed by atoms with van der Waals surface area (Å²) in [5.41, 5.74) is 1.46. The first kappa shape index (κ1) is 23.6. The quantitative estimate of drug-likeness (QED) is 0.446. The summed E-state index contributed by atoms with van der Waals surface area (Å²) in [5.74, 6) is 0.405. The van der Waals surface area contributed by atoms with Crippen molar-refractivity contribution in [2.75, 3.05) is 24.5 Å². The van der Waals surface area contributed by atoms with Gasteiger partial charge in [0.25, 0.3) is 10.0 Å². The molecule has 168 valence electrons. The predicted octanol–water partition coefficient (Wildman–Crippen LogP) is 4.29. The molecule has 32 heavy (non-hydrogen) atoms. The molecule has 6 nitrogen and oxygen atoms in total. The average Bonchev–Trinajstić information content (AvgIpc) is 2.81. The summed E-state index contributed by atoms with van der Waals surface area (Å²) in [6, 6.07) is 22.2. The van der Waals surface area contributed by atoms with Gasteiger partial charge in [-0.1, -0.05) is 48.0 Å². The van der Waals surface area contributed by atoms with Crippen LogP contribution in [-0.4, -0.2) is 34.5 Å². The molecule has 1 amide bonds. The topological polar surface area (TPSA) is 75.7 Å². The number of rotatable bonds is 10. The Morgan fingerprint density at radius 1 is 1.00 bits per heavy atom. The fourth-order valence-electron chi connectivity index (χ4n) is 3.16. The summed E-state index contributed by atoms with van der Waals surface area (Å²) >= 11 is 6.07. The summed E-state index contributed by atoms with van der Waals surface area (Å²) in [6.45, 7) is 0.0831. The number of hydrogen-bond acceptors (Lipinski definition) is 4. The maximum atomic E-state index is 13.2. The summed E-state index contributed by atoms with van der Waals surface area (Å²) in [7, 11) is -2.32. The number of benzene rings is 3. The number of nitrogens with one attached hydrogen (secondary N) is 1. The van der Waals surface area contributed by atoms with E-state index < -0.39 is 10.0 Å². The van der Waals surface area contributed by atoms with Gasteiger partial charge in [0.1, 0.15) is 12.3 Å². The van der Waals surface area contributed by atoms with E-state index in [2.05, 4.69) is 5.32 Å². The Morgan fingerprint density at radius 2 is 1.72 bits per heavy atom. The fraction of sp³-hybridized carbons (Fsp3) is 0.208. The number of methoxy groups -OCH3 is 1. The third-order valence-electron chi connectivity index (χ3n) is 4.84. The van der Waals surface area contributed by atoms with Crippen LogP contribution < -0.4 is 14.4 Å². The summed E-state index contributed by atoms with van der Waals surface area (Å²) in [4.78, 5) is 12.7. The lowest BCUT2D eigenvalue weighted by atomic mass is 10.1. The van der Waals surface area contributed by atoms with E-state index in [-0.39, 0.29) is 17.3 Å². The predicted molar refractivity (Wildman–Crippen MR) is 127 cm³/mol. The minimum Gasteiger partial charge on any atom is -0.497 e. The van der Waals surface area contributed by atoms with Crippen molar-refractivity contribution < 1.29 is 17.9 Å². The van der Waals surface area contributed by atoms with Gasteiger partial charge in [-0.3, -0.25) is 9.10 Å². The van der Waals surface area contributed by atoms with E-state index in [1.165, 1.54) is 18.2 Å². The number of amides is 1. The van der Waals surface area contributed by atoms with E-state index in [0.717, 1.165) is 28.5 Å². The molecule has 3 aromatic carbocycles. The van der Waals surface area contributed by atoms with Crippen molar-refractivity contribution in [2.45, 2.75) is 17.7 Å². The van der Waals surface area contributed by atoms with Crippen molar-refractivity contribution in [1.82, 2.24) is 5.32 Å². The van der Waals surface area contributed by atoms with Gasteiger partial charge in [0, 0.05) is 11.6 Å². The lowest BCUT2D eigenvalue weighted by Crippen LogP contribution is -2.41. The number of aryl methyl sites for hydroxylation is 1. The van der Waals surface area contributed by atoms with Crippen molar-refractivity contribution in [2.24, 2.45) is 0 Å². The number of nitrogens with zero attached hydrogens (tertiary/aromatic N) is 1. The van der Waals surface area contributed by atoms with Crippen LogP contribution >= 0.6 is 11.6 Å². The van der Waals surface area contributed by atoms with Gasteiger partial charge in [0.05, 0.1) is 17.7 Å². The van der Waals surface area contributed by atoms with Crippen LogP contribution in [0.1, 0.15) is 12.0 Å². The van der Waals surface area contributed by atoms with E-state index in [1.54, 1.807) is 43.5 Å². The lowest BCUT2D eigenvalue weighted by molar-refractivity contribution is -0.119. The summed E-state index contributed by atoms with van der Waals surface area (Å²) < 4.78 is 32.7. The van der Waals surface area contributed by atoms with Gasteiger partial charge in [0.2, 0.25) is 5.91 Å². The van der Waals surface area contributed by atoms with E-state index >= 15 is 0 Å². The standard InChI is InChI=1S/C24H25ClN2O4S/c1-31-22-14-12-19(13-15-22)7-6-16-26-24(28)18-27(21-9-5-8-20(25)17-21)32(29,30)23-10-3-2-4-11-23/h2-5,8-15,17H,6-7,16,18H2,1H3,(H,26,28). The molecule has 0 unspecified atom stereocenters. The second kappa shape index (κ2) is 11.0. The van der Waals surface area contributed by atoms with Crippen molar-refractivity contribution in [3.8, 4) is 5.75 Å². The van der Waals surface area contributed by atoms with Gasteiger partial charge < -0.3 is 10.1 Å². The molecule has 0 aromatic heterocycles. The molecule has 0 radical (unpaired) electrons. The molecule has 0 saturated heterocycles. The van der Waals surface area contributed by atoms with E-state index in [9.17, 15) is 13.2 Å². The molecular weight excluding hydrogens is 448 g/mol. The normalized spacial score (nSPS) is 11.1. The SMILES string of the molecule is COc1ccc(CCCNC(=O)CN(c2cccc(Cl)c2)S(=O)(=O)c2ccccc2)cc1. The minimum atomic E-state index is -3.94. The highest BCUT2D eigenvalue weighted by molar-refractivity contribution is 7.92. The average molecular weight is 473 g/mol. The second-order valence-electron chi connectivity index (χ2n) is 7.11. The van der Waals surface area contributed by atoms with Gasteiger partial charge in [-0.15, -0.1) is 0 Å². The van der Waals surface area contributed by atoms with Crippen LogP contribution in [0.5, 0.6) is 5.75 Å².